The van der Waals surface area contributed by atoms with Crippen molar-refractivity contribution < 1.29 is 15.0 Å². The molecule has 0 spiro atoms. The van der Waals surface area contributed by atoms with Crippen molar-refractivity contribution in [2.45, 2.75) is 29.0 Å². The highest BCUT2D eigenvalue weighted by molar-refractivity contribution is 8.01. The normalized spacial score (nSPS) is 10.5. The second-order valence-corrected chi connectivity index (χ2v) is 6.53. The van der Waals surface area contributed by atoms with Crippen molar-refractivity contribution in [2.75, 3.05) is 6.54 Å². The summed E-state index contributed by atoms with van der Waals surface area (Å²) >= 11 is 2.66. The Morgan fingerprint density at radius 3 is 3.00 bits per heavy atom. The molecule has 2 rings (SSSR count). The molecule has 0 saturated heterocycles. The lowest BCUT2D eigenvalue weighted by molar-refractivity contribution is -0.120. The highest BCUT2D eigenvalue weighted by atomic mass is 32.2. The summed E-state index contributed by atoms with van der Waals surface area (Å²) < 4.78 is 0.717. The van der Waals surface area contributed by atoms with E-state index in [1.54, 1.807) is 0 Å². The second kappa shape index (κ2) is 7.33. The molecule has 1 heterocycles. The summed E-state index contributed by atoms with van der Waals surface area (Å²) in [5, 5.41) is 23.8. The summed E-state index contributed by atoms with van der Waals surface area (Å²) in [5.74, 6) is 0.139. The first-order chi connectivity index (χ1) is 10.1. The van der Waals surface area contributed by atoms with Gasteiger partial charge in [0, 0.05) is 11.9 Å². The SMILES string of the molecule is CCCNC(=O)Cc1csc(Sc2cc(O)ccc2O)n1. The number of hydrogen-bond donors (Lipinski definition) is 3. The molecule has 0 radical (unpaired) electrons. The van der Waals surface area contributed by atoms with Crippen LogP contribution in [0.3, 0.4) is 0 Å². The quantitative estimate of drug-likeness (QED) is 0.712. The minimum absolute atomic E-state index is 0.0427. The van der Waals surface area contributed by atoms with Crippen LogP contribution in [0.1, 0.15) is 19.0 Å². The number of nitrogens with zero attached hydrogens (tertiary/aromatic N) is 1. The maximum atomic E-state index is 11.6. The number of phenolic OH excluding ortho intramolecular Hbond substituents is 2. The van der Waals surface area contributed by atoms with E-state index in [2.05, 4.69) is 10.3 Å². The second-order valence-electron chi connectivity index (χ2n) is 4.39. The van der Waals surface area contributed by atoms with Crippen LogP contribution < -0.4 is 5.32 Å². The lowest BCUT2D eigenvalue weighted by atomic mass is 10.3. The molecule has 21 heavy (non-hydrogen) atoms. The van der Waals surface area contributed by atoms with Gasteiger partial charge in [0.15, 0.2) is 4.34 Å². The molecule has 0 aliphatic heterocycles. The molecule has 0 aliphatic rings. The molecule has 0 fully saturated rings. The van der Waals surface area contributed by atoms with E-state index in [4.69, 9.17) is 0 Å². The number of rotatable bonds is 6. The fourth-order valence-corrected chi connectivity index (χ4v) is 3.44. The molecule has 7 heteroatoms. The predicted octanol–water partition coefficient (Wildman–Crippen LogP) is 2.77. The summed E-state index contributed by atoms with van der Waals surface area (Å²) in [6.07, 6.45) is 1.16. The highest BCUT2D eigenvalue weighted by Gasteiger charge is 2.10. The highest BCUT2D eigenvalue weighted by Crippen LogP contribution is 2.37. The van der Waals surface area contributed by atoms with Crippen LogP contribution >= 0.6 is 23.1 Å². The van der Waals surface area contributed by atoms with Gasteiger partial charge < -0.3 is 15.5 Å². The van der Waals surface area contributed by atoms with E-state index in [1.807, 2.05) is 12.3 Å². The molecule has 5 nitrogen and oxygen atoms in total. The van der Waals surface area contributed by atoms with Crippen molar-refractivity contribution in [3.05, 3.63) is 29.3 Å². The van der Waals surface area contributed by atoms with Gasteiger partial charge >= 0.3 is 0 Å². The third-order valence-corrected chi connectivity index (χ3v) is 4.62. The fraction of sp³-hybridized carbons (Fsp3) is 0.286. The number of carbonyl (C=O) groups is 1. The Labute approximate surface area is 131 Å². The van der Waals surface area contributed by atoms with E-state index in [9.17, 15) is 15.0 Å². The third kappa shape index (κ3) is 4.64. The van der Waals surface area contributed by atoms with E-state index in [0.717, 1.165) is 6.42 Å². The number of hydrogen-bond acceptors (Lipinski definition) is 6. The van der Waals surface area contributed by atoms with Gasteiger partial charge in [-0.25, -0.2) is 4.98 Å². The summed E-state index contributed by atoms with van der Waals surface area (Å²) in [7, 11) is 0. The summed E-state index contributed by atoms with van der Waals surface area (Å²) in [6, 6.07) is 4.34. The largest absolute Gasteiger partial charge is 0.508 e. The van der Waals surface area contributed by atoms with Crippen molar-refractivity contribution in [1.82, 2.24) is 10.3 Å². The number of benzene rings is 1. The number of phenols is 2. The average molecular weight is 324 g/mol. The van der Waals surface area contributed by atoms with Gasteiger partial charge in [0.05, 0.1) is 17.0 Å². The molecule has 0 bridgehead atoms. The minimum atomic E-state index is -0.0427. The Bertz CT molecular complexity index is 628. The number of nitrogens with one attached hydrogen (secondary N) is 1. The number of amides is 1. The molecule has 1 aromatic heterocycles. The van der Waals surface area contributed by atoms with Gasteiger partial charge in [0.2, 0.25) is 5.91 Å². The number of thiazole rings is 1. The molecule has 0 saturated carbocycles. The van der Waals surface area contributed by atoms with Crippen molar-refractivity contribution >= 4 is 29.0 Å². The zero-order valence-electron chi connectivity index (χ0n) is 11.5. The number of aromatic hydroxyl groups is 2. The van der Waals surface area contributed by atoms with Gasteiger partial charge in [-0.05, 0) is 24.6 Å². The topological polar surface area (TPSA) is 82.5 Å². The van der Waals surface area contributed by atoms with Crippen molar-refractivity contribution in [1.29, 1.82) is 0 Å². The average Bonchev–Trinajstić information content (AvgIpc) is 2.88. The van der Waals surface area contributed by atoms with Crippen LogP contribution in [0.25, 0.3) is 0 Å². The number of aromatic nitrogens is 1. The van der Waals surface area contributed by atoms with E-state index in [-0.39, 0.29) is 23.8 Å². The molecule has 0 aliphatic carbocycles. The minimum Gasteiger partial charge on any atom is -0.508 e. The van der Waals surface area contributed by atoms with E-state index in [1.165, 1.54) is 41.3 Å². The van der Waals surface area contributed by atoms with Gasteiger partial charge in [-0.3, -0.25) is 4.79 Å². The van der Waals surface area contributed by atoms with Gasteiger partial charge in [0.1, 0.15) is 11.5 Å². The lowest BCUT2D eigenvalue weighted by Crippen LogP contribution is -2.25. The molecule has 0 atom stereocenters. The van der Waals surface area contributed by atoms with Crippen molar-refractivity contribution in [3.63, 3.8) is 0 Å². The van der Waals surface area contributed by atoms with E-state index < -0.39 is 0 Å². The molecule has 0 unspecified atom stereocenters. The van der Waals surface area contributed by atoms with Crippen molar-refractivity contribution in [2.24, 2.45) is 0 Å². The first-order valence-electron chi connectivity index (χ1n) is 6.49. The standard InChI is InChI=1S/C14H16N2O3S2/c1-2-5-15-13(19)6-9-8-20-14(16-9)21-12-7-10(17)3-4-11(12)18/h3-4,7-8,17-18H,2,5-6H2,1H3,(H,15,19). The van der Waals surface area contributed by atoms with Crippen LogP contribution in [0.2, 0.25) is 0 Å². The lowest BCUT2D eigenvalue weighted by Gasteiger charge is -2.02. The Hall–Kier alpha value is -1.73. The fourth-order valence-electron chi connectivity index (χ4n) is 1.59. The Balaban J connectivity index is 2.00. The third-order valence-electron chi connectivity index (χ3n) is 2.59. The molecule has 2 aromatic rings. The molecule has 3 N–H and O–H groups in total. The van der Waals surface area contributed by atoms with Crippen LogP contribution in [0.4, 0.5) is 0 Å². The zero-order chi connectivity index (χ0) is 15.2. The monoisotopic (exact) mass is 324 g/mol. The van der Waals surface area contributed by atoms with Crippen LogP contribution in [0.15, 0.2) is 32.8 Å². The van der Waals surface area contributed by atoms with E-state index >= 15 is 0 Å². The van der Waals surface area contributed by atoms with Crippen molar-refractivity contribution in [3.8, 4) is 11.5 Å². The summed E-state index contributed by atoms with van der Waals surface area (Å²) in [5.41, 5.74) is 0.704. The Kier molecular flexibility index (Phi) is 5.46. The smallest absolute Gasteiger partial charge is 0.226 e. The first kappa shape index (κ1) is 15.7. The van der Waals surface area contributed by atoms with Gasteiger partial charge in [-0.2, -0.15) is 0 Å². The predicted molar refractivity (Wildman–Crippen MR) is 83.0 cm³/mol. The maximum Gasteiger partial charge on any atom is 0.226 e. The molecular formula is C14H16N2O3S2. The van der Waals surface area contributed by atoms with Gasteiger partial charge in [-0.15, -0.1) is 11.3 Å². The van der Waals surface area contributed by atoms with Crippen LogP contribution in [0, 0.1) is 0 Å². The summed E-state index contributed by atoms with van der Waals surface area (Å²) in [4.78, 5) is 16.5. The van der Waals surface area contributed by atoms with Gasteiger partial charge in [0.25, 0.3) is 0 Å². The molecular weight excluding hydrogens is 308 g/mol. The van der Waals surface area contributed by atoms with Crippen LogP contribution in [-0.4, -0.2) is 27.6 Å². The molecule has 112 valence electrons. The van der Waals surface area contributed by atoms with Crippen LogP contribution in [0.5, 0.6) is 11.5 Å². The Morgan fingerprint density at radius 2 is 2.24 bits per heavy atom. The molecule has 1 aromatic carbocycles. The van der Waals surface area contributed by atoms with E-state index in [0.29, 0.717) is 21.5 Å². The zero-order valence-corrected chi connectivity index (χ0v) is 13.1. The molecule has 1 amide bonds. The number of carbonyl (C=O) groups excluding carboxylic acids is 1. The van der Waals surface area contributed by atoms with Gasteiger partial charge in [-0.1, -0.05) is 18.7 Å². The Morgan fingerprint density at radius 1 is 1.43 bits per heavy atom. The maximum absolute atomic E-state index is 11.6. The van der Waals surface area contributed by atoms with Crippen LogP contribution in [-0.2, 0) is 11.2 Å². The first-order valence-corrected chi connectivity index (χ1v) is 8.19. The summed E-state index contributed by atoms with van der Waals surface area (Å²) in [6.45, 7) is 2.67.